The van der Waals surface area contributed by atoms with Crippen molar-refractivity contribution in [1.82, 2.24) is 10.2 Å². The second-order valence-electron chi connectivity index (χ2n) is 8.73. The topological polar surface area (TPSA) is 67.9 Å². The van der Waals surface area contributed by atoms with Crippen LogP contribution < -0.4 is 5.32 Å². The molecule has 2 atom stereocenters. The smallest absolute Gasteiger partial charge is 0.412 e. The molecule has 1 heterocycles. The maximum atomic E-state index is 13.1. The van der Waals surface area contributed by atoms with E-state index in [0.717, 1.165) is 30.5 Å². The van der Waals surface area contributed by atoms with Crippen LogP contribution in [0.3, 0.4) is 0 Å². The zero-order chi connectivity index (χ0) is 24.1. The molecule has 0 aromatic heterocycles. The van der Waals surface area contributed by atoms with Crippen LogP contribution in [-0.2, 0) is 14.3 Å². The molecule has 1 amide bonds. The molecule has 1 aliphatic heterocycles. The zero-order valence-electron chi connectivity index (χ0n) is 20.9. The van der Waals surface area contributed by atoms with Gasteiger partial charge in [-0.2, -0.15) is 0 Å². The molecule has 6 nitrogen and oxygen atoms in total. The van der Waals surface area contributed by atoms with Crippen LogP contribution in [0.5, 0.6) is 0 Å². The van der Waals surface area contributed by atoms with Gasteiger partial charge in [0.15, 0.2) is 0 Å². The third-order valence-electron chi connectivity index (χ3n) is 6.25. The number of nitrogens with one attached hydrogen (secondary N) is 1. The molecule has 0 spiro atoms. The summed E-state index contributed by atoms with van der Waals surface area (Å²) in [6.07, 6.45) is 11.3. The number of carbonyl (C=O) groups is 2. The maximum absolute atomic E-state index is 13.1. The van der Waals surface area contributed by atoms with Crippen LogP contribution >= 0.6 is 0 Å². The summed E-state index contributed by atoms with van der Waals surface area (Å²) in [4.78, 5) is 27.5. The maximum Gasteiger partial charge on any atom is 0.412 e. The highest BCUT2D eigenvalue weighted by molar-refractivity contribution is 5.92. The Morgan fingerprint density at radius 2 is 1.55 bits per heavy atom. The second kappa shape index (κ2) is 14.6. The van der Waals surface area contributed by atoms with E-state index in [-0.39, 0.29) is 12.8 Å². The van der Waals surface area contributed by atoms with Crippen LogP contribution in [0.4, 0.5) is 4.79 Å². The fraction of sp³-hybridized carbons (Fsp3) is 0.630. The van der Waals surface area contributed by atoms with E-state index in [1.54, 1.807) is 11.8 Å². The van der Waals surface area contributed by atoms with Crippen molar-refractivity contribution in [3.05, 3.63) is 47.2 Å². The molecule has 184 valence electrons. The molecule has 0 fully saturated rings. The Kier molecular flexibility index (Phi) is 11.8. The Hall–Kier alpha value is -2.50. The van der Waals surface area contributed by atoms with Gasteiger partial charge in [0.05, 0.1) is 25.3 Å². The monoisotopic (exact) mass is 458 g/mol. The van der Waals surface area contributed by atoms with E-state index in [9.17, 15) is 9.59 Å². The highest BCUT2D eigenvalue weighted by atomic mass is 16.6. The number of ether oxygens (including phenoxy) is 2. The SMILES string of the molecule is CCCCCCCCCCCC1NC(C)=C(C(=O)OC)C(c2ccccc2)N1C(=O)OCC. The molecule has 33 heavy (non-hydrogen) atoms. The number of unbranched alkanes of at least 4 members (excludes halogenated alkanes) is 8. The number of benzene rings is 1. The number of rotatable bonds is 13. The molecule has 0 radical (unpaired) electrons. The lowest BCUT2D eigenvalue weighted by Gasteiger charge is -2.43. The van der Waals surface area contributed by atoms with Gasteiger partial charge in [-0.15, -0.1) is 0 Å². The molecule has 0 saturated carbocycles. The normalized spacial score (nSPS) is 18.1. The molecule has 1 aromatic carbocycles. The van der Waals surface area contributed by atoms with Gasteiger partial charge in [-0.3, -0.25) is 4.90 Å². The number of methoxy groups -OCH3 is 1. The van der Waals surface area contributed by atoms with Crippen molar-refractivity contribution in [3.8, 4) is 0 Å². The minimum atomic E-state index is -0.553. The van der Waals surface area contributed by atoms with Crippen LogP contribution in [0.2, 0.25) is 0 Å². The van der Waals surface area contributed by atoms with Crippen LogP contribution in [0.1, 0.15) is 96.6 Å². The number of allylic oxidation sites excluding steroid dienone is 1. The predicted octanol–water partition coefficient (Wildman–Crippen LogP) is 6.48. The summed E-state index contributed by atoms with van der Waals surface area (Å²) in [5, 5.41) is 3.40. The highest BCUT2D eigenvalue weighted by Crippen LogP contribution is 2.37. The summed E-state index contributed by atoms with van der Waals surface area (Å²) in [7, 11) is 1.37. The number of carbonyl (C=O) groups excluding carboxylic acids is 2. The number of esters is 1. The van der Waals surface area contributed by atoms with E-state index < -0.39 is 18.1 Å². The molecule has 1 N–H and O–H groups in total. The Balaban J connectivity index is 2.14. The van der Waals surface area contributed by atoms with Crippen molar-refractivity contribution in [2.45, 2.75) is 97.2 Å². The fourth-order valence-electron chi connectivity index (χ4n) is 4.55. The van der Waals surface area contributed by atoms with Crippen molar-refractivity contribution < 1.29 is 19.1 Å². The van der Waals surface area contributed by atoms with Gasteiger partial charge in [0.2, 0.25) is 0 Å². The van der Waals surface area contributed by atoms with Gasteiger partial charge >= 0.3 is 12.1 Å². The van der Waals surface area contributed by atoms with E-state index in [1.165, 1.54) is 52.1 Å². The van der Waals surface area contributed by atoms with Crippen molar-refractivity contribution in [2.24, 2.45) is 0 Å². The Labute approximate surface area is 199 Å². The van der Waals surface area contributed by atoms with Gasteiger partial charge in [0.25, 0.3) is 0 Å². The number of nitrogens with zero attached hydrogens (tertiary/aromatic N) is 1. The summed E-state index contributed by atoms with van der Waals surface area (Å²) in [5.74, 6) is -0.440. The first-order valence-corrected chi connectivity index (χ1v) is 12.6. The first-order valence-electron chi connectivity index (χ1n) is 12.6. The summed E-state index contributed by atoms with van der Waals surface area (Å²) < 4.78 is 10.5. The largest absolute Gasteiger partial charge is 0.466 e. The number of hydrogen-bond acceptors (Lipinski definition) is 5. The minimum absolute atomic E-state index is 0.243. The number of hydrogen-bond donors (Lipinski definition) is 1. The molecule has 1 aromatic rings. The Bertz CT molecular complexity index is 763. The molecular weight excluding hydrogens is 416 g/mol. The summed E-state index contributed by atoms with van der Waals surface area (Å²) in [6, 6.07) is 9.08. The van der Waals surface area contributed by atoms with Crippen molar-refractivity contribution in [2.75, 3.05) is 13.7 Å². The summed E-state index contributed by atoms with van der Waals surface area (Å²) in [5.41, 5.74) is 2.06. The van der Waals surface area contributed by atoms with Crippen molar-refractivity contribution in [3.63, 3.8) is 0 Å². The van der Waals surface area contributed by atoms with Gasteiger partial charge in [-0.25, -0.2) is 9.59 Å². The summed E-state index contributed by atoms with van der Waals surface area (Å²) >= 11 is 0. The van der Waals surface area contributed by atoms with Gasteiger partial charge in [-0.05, 0) is 32.3 Å². The molecule has 0 aliphatic carbocycles. The van der Waals surface area contributed by atoms with Crippen molar-refractivity contribution in [1.29, 1.82) is 0 Å². The average molecular weight is 459 g/mol. The third-order valence-corrected chi connectivity index (χ3v) is 6.25. The van der Waals surface area contributed by atoms with E-state index in [1.807, 2.05) is 37.3 Å². The quantitative estimate of drug-likeness (QED) is 0.270. The Morgan fingerprint density at radius 3 is 2.12 bits per heavy atom. The van der Waals surface area contributed by atoms with Gasteiger partial charge < -0.3 is 14.8 Å². The number of amides is 1. The average Bonchev–Trinajstić information content (AvgIpc) is 2.82. The second-order valence-corrected chi connectivity index (χ2v) is 8.73. The summed E-state index contributed by atoms with van der Waals surface area (Å²) in [6.45, 7) is 6.20. The lowest BCUT2D eigenvalue weighted by molar-refractivity contribution is -0.137. The van der Waals surface area contributed by atoms with Crippen molar-refractivity contribution >= 4 is 12.1 Å². The van der Waals surface area contributed by atoms with Crippen LogP contribution in [0.25, 0.3) is 0 Å². The molecule has 0 saturated heterocycles. The zero-order valence-corrected chi connectivity index (χ0v) is 20.9. The van der Waals surface area contributed by atoms with E-state index in [4.69, 9.17) is 9.47 Å². The highest BCUT2D eigenvalue weighted by Gasteiger charge is 2.42. The van der Waals surface area contributed by atoms with E-state index in [0.29, 0.717) is 5.57 Å². The molecule has 2 rings (SSSR count). The van der Waals surface area contributed by atoms with Gasteiger partial charge in [0.1, 0.15) is 6.17 Å². The van der Waals surface area contributed by atoms with Crippen LogP contribution in [0.15, 0.2) is 41.6 Å². The first kappa shape index (κ1) is 26.7. The van der Waals surface area contributed by atoms with Crippen LogP contribution in [-0.4, -0.2) is 36.8 Å². The Morgan fingerprint density at radius 1 is 0.939 bits per heavy atom. The van der Waals surface area contributed by atoms with Crippen LogP contribution in [0, 0.1) is 0 Å². The van der Waals surface area contributed by atoms with Gasteiger partial charge in [0, 0.05) is 5.70 Å². The molecule has 6 heteroatoms. The molecule has 0 bridgehead atoms. The molecular formula is C27H42N2O4. The standard InChI is InChI=1S/C27H42N2O4/c1-5-7-8-9-10-11-12-13-17-20-23-28-21(3)24(26(30)32-4)25(22-18-15-14-16-19-22)29(23)27(31)33-6-2/h14-16,18-19,23,25,28H,5-13,17,20H2,1-4H3. The third kappa shape index (κ3) is 7.79. The minimum Gasteiger partial charge on any atom is -0.466 e. The lowest BCUT2D eigenvalue weighted by atomic mass is 9.92. The first-order chi connectivity index (χ1) is 16.0. The van der Waals surface area contributed by atoms with Gasteiger partial charge in [-0.1, -0.05) is 88.6 Å². The van der Waals surface area contributed by atoms with E-state index >= 15 is 0 Å². The molecule has 1 aliphatic rings. The molecule has 2 unspecified atom stereocenters. The van der Waals surface area contributed by atoms with E-state index in [2.05, 4.69) is 12.2 Å². The lowest BCUT2D eigenvalue weighted by Crippen LogP contribution is -2.55. The predicted molar refractivity (Wildman–Crippen MR) is 132 cm³/mol. The fourth-order valence-corrected chi connectivity index (χ4v) is 4.55.